The second-order valence-electron chi connectivity index (χ2n) is 7.36. The Kier molecular flexibility index (Phi) is 6.77. The number of aryl methyl sites for hydroxylation is 1. The topological polar surface area (TPSA) is 67.2 Å². The number of nitrogens with zero attached hydrogens (tertiary/aromatic N) is 6. The van der Waals surface area contributed by atoms with Crippen molar-refractivity contribution < 1.29 is 4.79 Å². The Labute approximate surface area is 191 Å². The monoisotopic (exact) mass is 456 g/mol. The summed E-state index contributed by atoms with van der Waals surface area (Å²) in [5.74, 6) is 2.22. The van der Waals surface area contributed by atoms with Crippen molar-refractivity contribution in [3.05, 3.63) is 53.2 Å². The summed E-state index contributed by atoms with van der Waals surface area (Å²) in [5.41, 5.74) is 2.23. The maximum Gasteiger partial charge on any atom is 0.233 e. The summed E-state index contributed by atoms with van der Waals surface area (Å²) in [6.45, 7) is 7.76. The van der Waals surface area contributed by atoms with E-state index in [0.717, 1.165) is 47.6 Å². The van der Waals surface area contributed by atoms with Crippen LogP contribution in [0.2, 0.25) is 5.02 Å². The van der Waals surface area contributed by atoms with E-state index >= 15 is 0 Å². The van der Waals surface area contributed by atoms with Gasteiger partial charge in [-0.15, -0.1) is 10.2 Å². The fourth-order valence-corrected chi connectivity index (χ4v) is 4.68. The molecule has 1 saturated heterocycles. The van der Waals surface area contributed by atoms with Crippen LogP contribution in [0.15, 0.2) is 47.8 Å². The van der Waals surface area contributed by atoms with Crippen molar-refractivity contribution in [2.75, 3.05) is 36.8 Å². The lowest BCUT2D eigenvalue weighted by Crippen LogP contribution is -2.49. The van der Waals surface area contributed by atoms with Gasteiger partial charge < -0.3 is 14.4 Å². The molecular formula is C22H25ClN6OS. The zero-order chi connectivity index (χ0) is 21.8. The highest BCUT2D eigenvalue weighted by molar-refractivity contribution is 7.99. The number of hydrogen-bond donors (Lipinski definition) is 0. The molecule has 31 heavy (non-hydrogen) atoms. The van der Waals surface area contributed by atoms with Gasteiger partial charge in [0, 0.05) is 44.5 Å². The number of anilines is 1. The number of pyridine rings is 1. The molecule has 1 fully saturated rings. The maximum absolute atomic E-state index is 12.8. The fraction of sp³-hybridized carbons (Fsp3) is 0.364. The summed E-state index contributed by atoms with van der Waals surface area (Å²) < 4.78 is 2.07. The molecule has 0 saturated carbocycles. The second kappa shape index (κ2) is 9.70. The largest absolute Gasteiger partial charge is 0.353 e. The Bertz CT molecular complexity index is 1050. The minimum Gasteiger partial charge on any atom is -0.353 e. The van der Waals surface area contributed by atoms with Gasteiger partial charge in [0.25, 0.3) is 0 Å². The van der Waals surface area contributed by atoms with Crippen molar-refractivity contribution in [1.82, 2.24) is 24.6 Å². The molecule has 9 heteroatoms. The van der Waals surface area contributed by atoms with E-state index in [0.29, 0.717) is 23.9 Å². The number of halogens is 1. The molecule has 0 atom stereocenters. The molecule has 1 aliphatic heterocycles. The number of rotatable bonds is 6. The molecule has 4 rings (SSSR count). The number of carbonyl (C=O) groups excluding carboxylic acids is 1. The molecule has 0 unspecified atom stereocenters. The molecule has 162 valence electrons. The van der Waals surface area contributed by atoms with Crippen LogP contribution in [0.1, 0.15) is 12.5 Å². The number of hydrogen-bond acceptors (Lipinski definition) is 6. The zero-order valence-electron chi connectivity index (χ0n) is 17.7. The zero-order valence-corrected chi connectivity index (χ0v) is 19.2. The van der Waals surface area contributed by atoms with Crippen molar-refractivity contribution >= 4 is 35.1 Å². The molecule has 3 aromatic rings. The molecule has 1 aliphatic rings. The average Bonchev–Trinajstić information content (AvgIpc) is 3.21. The number of benzene rings is 1. The third-order valence-electron chi connectivity index (χ3n) is 5.41. The Morgan fingerprint density at radius 2 is 1.87 bits per heavy atom. The molecule has 0 N–H and O–H groups in total. The van der Waals surface area contributed by atoms with Gasteiger partial charge in [-0.3, -0.25) is 4.79 Å². The predicted octanol–water partition coefficient (Wildman–Crippen LogP) is 3.76. The molecule has 2 aromatic heterocycles. The Morgan fingerprint density at radius 3 is 2.55 bits per heavy atom. The van der Waals surface area contributed by atoms with Gasteiger partial charge in [-0.1, -0.05) is 47.6 Å². The average molecular weight is 457 g/mol. The van der Waals surface area contributed by atoms with Crippen molar-refractivity contribution in [3.63, 3.8) is 0 Å². The van der Waals surface area contributed by atoms with Crippen LogP contribution in [0.3, 0.4) is 0 Å². The third kappa shape index (κ3) is 4.85. The van der Waals surface area contributed by atoms with E-state index in [-0.39, 0.29) is 5.91 Å². The van der Waals surface area contributed by atoms with Crippen LogP contribution < -0.4 is 4.90 Å². The quantitative estimate of drug-likeness (QED) is 0.526. The van der Waals surface area contributed by atoms with Crippen molar-refractivity contribution in [1.29, 1.82) is 0 Å². The summed E-state index contributed by atoms with van der Waals surface area (Å²) in [4.78, 5) is 21.2. The highest BCUT2D eigenvalue weighted by Gasteiger charge is 2.23. The Balaban J connectivity index is 1.35. The van der Waals surface area contributed by atoms with Crippen LogP contribution in [-0.2, 0) is 11.3 Å². The van der Waals surface area contributed by atoms with Gasteiger partial charge in [-0.05, 0) is 31.5 Å². The molecule has 7 nitrogen and oxygen atoms in total. The fourth-order valence-electron chi connectivity index (χ4n) is 3.66. The lowest BCUT2D eigenvalue weighted by Gasteiger charge is -2.35. The number of piperazine rings is 1. The molecule has 1 aromatic carbocycles. The molecule has 0 spiro atoms. The first-order valence-electron chi connectivity index (χ1n) is 10.3. The summed E-state index contributed by atoms with van der Waals surface area (Å²) in [7, 11) is 0. The summed E-state index contributed by atoms with van der Waals surface area (Å²) in [6, 6.07) is 11.9. The maximum atomic E-state index is 12.8. The summed E-state index contributed by atoms with van der Waals surface area (Å²) >= 11 is 7.37. The van der Waals surface area contributed by atoms with Crippen LogP contribution in [-0.4, -0.2) is 62.5 Å². The predicted molar refractivity (Wildman–Crippen MR) is 125 cm³/mol. The molecule has 0 aliphatic carbocycles. The van der Waals surface area contributed by atoms with Crippen molar-refractivity contribution in [3.8, 4) is 11.4 Å². The first-order chi connectivity index (χ1) is 15.1. The first kappa shape index (κ1) is 21.6. The SMILES string of the molecule is CCn1c(SCC(=O)N2CCN(c3ccc(Cl)cn3)CC2)nnc1-c1ccccc1C. The Morgan fingerprint density at radius 1 is 1.10 bits per heavy atom. The minimum atomic E-state index is 0.122. The number of amides is 1. The Hall–Kier alpha value is -2.58. The normalized spacial score (nSPS) is 14.2. The highest BCUT2D eigenvalue weighted by Crippen LogP contribution is 2.26. The van der Waals surface area contributed by atoms with E-state index in [9.17, 15) is 4.79 Å². The van der Waals surface area contributed by atoms with Gasteiger partial charge in [0.2, 0.25) is 5.91 Å². The molecule has 0 bridgehead atoms. The van der Waals surface area contributed by atoms with Crippen LogP contribution in [0, 0.1) is 6.92 Å². The summed E-state index contributed by atoms with van der Waals surface area (Å²) in [5, 5.41) is 10.2. The molecular weight excluding hydrogens is 432 g/mol. The molecule has 3 heterocycles. The van der Waals surface area contributed by atoms with Crippen molar-refractivity contribution in [2.45, 2.75) is 25.5 Å². The molecule has 0 radical (unpaired) electrons. The number of thioether (sulfide) groups is 1. The van der Waals surface area contributed by atoms with Crippen LogP contribution >= 0.6 is 23.4 Å². The molecule has 1 amide bonds. The lowest BCUT2D eigenvalue weighted by molar-refractivity contribution is -0.128. The first-order valence-corrected chi connectivity index (χ1v) is 11.7. The van der Waals surface area contributed by atoms with Crippen LogP contribution in [0.5, 0.6) is 0 Å². The van der Waals surface area contributed by atoms with Gasteiger partial charge in [0.1, 0.15) is 5.82 Å². The second-order valence-corrected chi connectivity index (χ2v) is 8.74. The van der Waals surface area contributed by atoms with E-state index in [1.165, 1.54) is 11.8 Å². The number of carbonyl (C=O) groups is 1. The van der Waals surface area contributed by atoms with E-state index in [2.05, 4.69) is 50.6 Å². The van der Waals surface area contributed by atoms with E-state index in [1.807, 2.05) is 29.2 Å². The number of aromatic nitrogens is 4. The summed E-state index contributed by atoms with van der Waals surface area (Å²) in [6.07, 6.45) is 1.65. The van der Waals surface area contributed by atoms with Crippen LogP contribution in [0.4, 0.5) is 5.82 Å². The van der Waals surface area contributed by atoms with Crippen LogP contribution in [0.25, 0.3) is 11.4 Å². The lowest BCUT2D eigenvalue weighted by atomic mass is 10.1. The van der Waals surface area contributed by atoms with Gasteiger partial charge in [-0.2, -0.15) is 0 Å². The van der Waals surface area contributed by atoms with E-state index in [4.69, 9.17) is 11.6 Å². The standard InChI is InChI=1S/C22H25ClN6OS/c1-3-29-21(18-7-5-4-6-16(18)2)25-26-22(29)31-15-20(30)28-12-10-27(11-13-28)19-9-8-17(23)14-24-19/h4-9,14H,3,10-13,15H2,1-2H3. The van der Waals surface area contributed by atoms with Crippen molar-refractivity contribution in [2.24, 2.45) is 0 Å². The van der Waals surface area contributed by atoms with E-state index in [1.54, 1.807) is 6.20 Å². The van der Waals surface area contributed by atoms with Gasteiger partial charge in [-0.25, -0.2) is 4.98 Å². The van der Waals surface area contributed by atoms with E-state index < -0.39 is 0 Å². The van der Waals surface area contributed by atoms with Gasteiger partial charge >= 0.3 is 0 Å². The van der Waals surface area contributed by atoms with Gasteiger partial charge in [0.15, 0.2) is 11.0 Å². The third-order valence-corrected chi connectivity index (χ3v) is 6.59. The highest BCUT2D eigenvalue weighted by atomic mass is 35.5. The smallest absolute Gasteiger partial charge is 0.233 e. The van der Waals surface area contributed by atoms with Gasteiger partial charge in [0.05, 0.1) is 10.8 Å². The minimum absolute atomic E-state index is 0.122.